The van der Waals surface area contributed by atoms with Gasteiger partial charge in [-0.15, -0.1) is 0 Å². The summed E-state index contributed by atoms with van der Waals surface area (Å²) in [4.78, 5) is 5.24. The molecule has 6 nitrogen and oxygen atoms in total. The molecule has 0 aliphatic heterocycles. The van der Waals surface area contributed by atoms with E-state index in [-0.39, 0.29) is 0 Å². The first-order chi connectivity index (χ1) is 34.9. The van der Waals surface area contributed by atoms with E-state index < -0.39 is 0 Å². The third kappa shape index (κ3) is 21.8. The number of anilines is 2. The Balaban J connectivity index is 1.46. The lowest BCUT2D eigenvalue weighted by molar-refractivity contribution is 0.377. The van der Waals surface area contributed by atoms with Crippen molar-refractivity contribution in [3.05, 3.63) is 106 Å². The number of rotatable bonds is 40. The maximum atomic E-state index is 6.05. The first-order valence-electron chi connectivity index (χ1n) is 28.5. The van der Waals surface area contributed by atoms with Crippen LogP contribution in [-0.2, 0) is 6.42 Å². The van der Waals surface area contributed by atoms with Crippen molar-refractivity contribution >= 4 is 35.7 Å². The molecule has 0 aliphatic rings. The quantitative estimate of drug-likeness (QED) is 0.0327. The van der Waals surface area contributed by atoms with Crippen LogP contribution in [0.25, 0.3) is 24.3 Å². The van der Waals surface area contributed by atoms with Gasteiger partial charge in [-0.3, -0.25) is 0 Å². The molecule has 4 aromatic carbocycles. The average molecular weight is 972 g/mol. The van der Waals surface area contributed by atoms with E-state index in [9.17, 15) is 0 Å². The predicted molar refractivity (Wildman–Crippen MR) is 311 cm³/mol. The highest BCUT2D eigenvalue weighted by Crippen LogP contribution is 2.40. The van der Waals surface area contributed by atoms with Crippen molar-refractivity contribution in [2.75, 3.05) is 64.4 Å². The molecule has 0 amide bonds. The van der Waals surface area contributed by atoms with Crippen LogP contribution in [0, 0.1) is 0 Å². The summed E-state index contributed by atoms with van der Waals surface area (Å²) in [6.07, 6.45) is 40.9. The van der Waals surface area contributed by atoms with E-state index in [0.29, 0.717) is 6.42 Å². The van der Waals surface area contributed by atoms with E-state index in [1.165, 1.54) is 177 Å². The van der Waals surface area contributed by atoms with Gasteiger partial charge < -0.3 is 28.7 Å². The zero-order valence-electron chi connectivity index (χ0n) is 46.3. The molecule has 0 spiro atoms. The van der Waals surface area contributed by atoms with E-state index in [1.807, 2.05) is 0 Å². The van der Waals surface area contributed by atoms with Crippen LogP contribution in [-0.4, -0.2) is 54.6 Å². The molecule has 0 atom stereocenters. The topological polar surface area (TPSA) is 43.4 Å². The smallest absolute Gasteiger partial charge is 0.126 e. The molecule has 0 aliphatic carbocycles. The zero-order chi connectivity index (χ0) is 50.7. The molecule has 0 aromatic heterocycles. The average Bonchev–Trinajstić information content (AvgIpc) is 3.40. The van der Waals surface area contributed by atoms with Crippen LogP contribution in [0.2, 0.25) is 0 Å². The third-order valence-corrected chi connectivity index (χ3v) is 14.2. The Kier molecular flexibility index (Phi) is 29.9. The lowest BCUT2D eigenvalue weighted by Crippen LogP contribution is -2.25. The molecular formula is C65H98N2O4. The summed E-state index contributed by atoms with van der Waals surface area (Å²) in [6.45, 7) is 13.7. The summed E-state index contributed by atoms with van der Waals surface area (Å²) in [5.41, 5.74) is 8.89. The second-order valence-electron chi connectivity index (χ2n) is 19.9. The number of ether oxygens (including phenoxy) is 4. The fraction of sp³-hybridized carbons (Fsp3) is 0.569. The summed E-state index contributed by atoms with van der Waals surface area (Å²) >= 11 is 0. The molecule has 0 bridgehead atoms. The molecule has 4 rings (SSSR count). The molecule has 0 heterocycles. The molecule has 392 valence electrons. The van der Waals surface area contributed by atoms with Crippen LogP contribution in [0.5, 0.6) is 23.0 Å². The first kappa shape index (κ1) is 58.7. The van der Waals surface area contributed by atoms with E-state index in [1.54, 1.807) is 28.4 Å². The molecule has 0 fully saturated rings. The molecule has 4 aromatic rings. The number of nitrogens with zero attached hydrogens (tertiary/aromatic N) is 2. The Bertz CT molecular complexity index is 1830. The normalized spacial score (nSPS) is 11.5. The molecule has 0 saturated heterocycles. The Hall–Kier alpha value is -4.84. The summed E-state index contributed by atoms with van der Waals surface area (Å²) in [7, 11) is 6.91. The van der Waals surface area contributed by atoms with Gasteiger partial charge in [0.15, 0.2) is 0 Å². The lowest BCUT2D eigenvalue weighted by atomic mass is 9.97. The number of methoxy groups -OCH3 is 4. The molecule has 0 radical (unpaired) electrons. The summed E-state index contributed by atoms with van der Waals surface area (Å²) < 4.78 is 24.2. The maximum absolute atomic E-state index is 6.05. The van der Waals surface area contributed by atoms with Crippen molar-refractivity contribution in [3.63, 3.8) is 0 Å². The maximum Gasteiger partial charge on any atom is 0.126 e. The lowest BCUT2D eigenvalue weighted by Gasteiger charge is -2.25. The zero-order valence-corrected chi connectivity index (χ0v) is 46.3. The van der Waals surface area contributed by atoms with Crippen LogP contribution in [0.3, 0.4) is 0 Å². The molecule has 0 unspecified atom stereocenters. The Morgan fingerprint density at radius 3 is 0.803 bits per heavy atom. The van der Waals surface area contributed by atoms with Gasteiger partial charge in [0.1, 0.15) is 23.0 Å². The van der Waals surface area contributed by atoms with Gasteiger partial charge in [0.25, 0.3) is 0 Å². The van der Waals surface area contributed by atoms with Crippen LogP contribution < -0.4 is 28.7 Å². The Morgan fingerprint density at radius 2 is 0.549 bits per heavy atom. The van der Waals surface area contributed by atoms with Gasteiger partial charge in [-0.1, -0.05) is 205 Å². The van der Waals surface area contributed by atoms with Crippen LogP contribution >= 0.6 is 0 Å². The summed E-state index contributed by atoms with van der Waals surface area (Å²) in [6, 6.07) is 26.6. The highest BCUT2D eigenvalue weighted by Gasteiger charge is 2.19. The molecular weight excluding hydrogens is 873 g/mol. The summed E-state index contributed by atoms with van der Waals surface area (Å²) in [5, 5.41) is 0. The summed E-state index contributed by atoms with van der Waals surface area (Å²) in [5.74, 6) is 3.03. The van der Waals surface area contributed by atoms with Gasteiger partial charge in [-0.05, 0) is 96.5 Å². The fourth-order valence-corrected chi connectivity index (χ4v) is 9.78. The van der Waals surface area contributed by atoms with Crippen molar-refractivity contribution in [2.24, 2.45) is 0 Å². The minimum Gasteiger partial charge on any atom is -0.496 e. The van der Waals surface area contributed by atoms with Crippen LogP contribution in [0.4, 0.5) is 11.4 Å². The van der Waals surface area contributed by atoms with Crippen molar-refractivity contribution in [2.45, 2.75) is 188 Å². The van der Waals surface area contributed by atoms with E-state index in [4.69, 9.17) is 18.9 Å². The highest BCUT2D eigenvalue weighted by atomic mass is 16.5. The molecule has 6 heteroatoms. The second-order valence-corrected chi connectivity index (χ2v) is 19.9. The minimum absolute atomic E-state index is 0.511. The van der Waals surface area contributed by atoms with Gasteiger partial charge in [-0.2, -0.15) is 0 Å². The number of hydrogen-bond donors (Lipinski definition) is 0. The van der Waals surface area contributed by atoms with Crippen LogP contribution in [0.1, 0.15) is 215 Å². The van der Waals surface area contributed by atoms with E-state index in [0.717, 1.165) is 71.4 Å². The van der Waals surface area contributed by atoms with E-state index >= 15 is 0 Å². The number of unbranched alkanes of at least 4 members (excludes halogenated alkanes) is 20. The van der Waals surface area contributed by atoms with Gasteiger partial charge in [0.05, 0.1) is 28.4 Å². The highest BCUT2D eigenvalue weighted by molar-refractivity contribution is 5.75. The van der Waals surface area contributed by atoms with Crippen molar-refractivity contribution < 1.29 is 18.9 Å². The van der Waals surface area contributed by atoms with E-state index in [2.05, 4.69) is 135 Å². The predicted octanol–water partition coefficient (Wildman–Crippen LogP) is 18.7. The molecule has 71 heavy (non-hydrogen) atoms. The molecule has 0 N–H and O–H groups in total. The van der Waals surface area contributed by atoms with Crippen molar-refractivity contribution in [3.8, 4) is 23.0 Å². The largest absolute Gasteiger partial charge is 0.496 e. The van der Waals surface area contributed by atoms with Gasteiger partial charge in [0, 0.05) is 55.1 Å². The van der Waals surface area contributed by atoms with Gasteiger partial charge in [0.2, 0.25) is 0 Å². The minimum atomic E-state index is 0.511. The Labute approximate surface area is 434 Å². The monoisotopic (exact) mass is 971 g/mol. The SMILES string of the molecule is CCCCCCCCN(CCCCCCCC)c1ccc(/C=C/c2cc(OC)c(Cc3c(OC)cc(/C=C/c4ccc(N(CCCCCCCC)CCCCCCCC)cc4)cc3OC)c(OC)c2)cc1. The van der Waals surface area contributed by atoms with Crippen molar-refractivity contribution in [1.82, 2.24) is 0 Å². The second kappa shape index (κ2) is 36.1. The Morgan fingerprint density at radius 1 is 0.310 bits per heavy atom. The standard InChI is InChI=1S/C65H98N2O4/c1-9-13-17-21-25-29-45-66(46-30-26-22-18-14-10-2)58-41-37-54(38-42-58)33-35-56-49-62(68-5)60(63(50-56)69-6)53-61-64(70-7)51-57(52-65(61)71-8)36-34-55-39-43-59(44-40-55)67(47-31-27-23-19-15-11-3)48-32-28-24-20-16-12-4/h33-44,49-52H,9-32,45-48,53H2,1-8H3/b35-33+,36-34+. The number of benzene rings is 4. The first-order valence-corrected chi connectivity index (χ1v) is 28.5. The molecule has 0 saturated carbocycles. The third-order valence-electron chi connectivity index (χ3n) is 14.2. The van der Waals surface area contributed by atoms with Crippen LogP contribution in [0.15, 0.2) is 72.8 Å². The van der Waals surface area contributed by atoms with Crippen molar-refractivity contribution in [1.29, 1.82) is 0 Å². The van der Waals surface area contributed by atoms with Gasteiger partial charge >= 0.3 is 0 Å². The fourth-order valence-electron chi connectivity index (χ4n) is 9.78. The number of hydrogen-bond acceptors (Lipinski definition) is 6. The van der Waals surface area contributed by atoms with Gasteiger partial charge in [-0.25, -0.2) is 0 Å².